The number of carbonyl (C=O) groups is 1. The zero-order valence-electron chi connectivity index (χ0n) is 22.8. The Morgan fingerprint density at radius 3 is 2.15 bits per heavy atom. The van der Waals surface area contributed by atoms with Crippen molar-refractivity contribution in [2.24, 2.45) is 0 Å². The van der Waals surface area contributed by atoms with Crippen LogP contribution in [0.2, 0.25) is 0 Å². The number of ether oxygens (including phenoxy) is 3. The summed E-state index contributed by atoms with van der Waals surface area (Å²) in [6.07, 6.45) is 3.63. The van der Waals surface area contributed by atoms with E-state index in [4.69, 9.17) is 14.2 Å². The Kier molecular flexibility index (Phi) is 10.1. The van der Waals surface area contributed by atoms with Crippen LogP contribution in [0.4, 0.5) is 17.6 Å². The molecule has 0 aliphatic heterocycles. The lowest BCUT2D eigenvalue weighted by molar-refractivity contribution is 0.0188. The average molecular weight is 559 g/mol. The summed E-state index contributed by atoms with van der Waals surface area (Å²) in [5.41, 5.74) is 0.243. The van der Waals surface area contributed by atoms with Gasteiger partial charge in [-0.05, 0) is 79.8 Å². The van der Waals surface area contributed by atoms with Crippen LogP contribution in [0.1, 0.15) is 80.6 Å². The number of carbonyl (C=O) groups excluding carboxylic acids is 1. The van der Waals surface area contributed by atoms with Crippen molar-refractivity contribution in [2.75, 3.05) is 13.2 Å². The van der Waals surface area contributed by atoms with Gasteiger partial charge in [0.1, 0.15) is 11.9 Å². The van der Waals surface area contributed by atoms with E-state index in [-0.39, 0.29) is 22.8 Å². The molecule has 1 fully saturated rings. The molecule has 0 spiro atoms. The molecule has 0 bridgehead atoms. The van der Waals surface area contributed by atoms with Crippen molar-refractivity contribution < 1.29 is 36.6 Å². The number of halogens is 4. The second-order valence-corrected chi connectivity index (χ2v) is 10.0. The van der Waals surface area contributed by atoms with Gasteiger partial charge in [-0.2, -0.15) is 4.39 Å². The van der Waals surface area contributed by atoms with E-state index in [0.29, 0.717) is 50.2 Å². The maximum atomic E-state index is 14.9. The maximum absolute atomic E-state index is 14.9. The van der Waals surface area contributed by atoms with E-state index in [0.717, 1.165) is 19.3 Å². The van der Waals surface area contributed by atoms with Crippen LogP contribution in [-0.2, 0) is 4.74 Å². The molecule has 0 aromatic heterocycles. The van der Waals surface area contributed by atoms with Gasteiger partial charge in [-0.3, -0.25) is 0 Å². The van der Waals surface area contributed by atoms with E-state index in [1.54, 1.807) is 30.3 Å². The fourth-order valence-electron chi connectivity index (χ4n) is 4.89. The van der Waals surface area contributed by atoms with Gasteiger partial charge in [-0.15, -0.1) is 0 Å². The standard InChI is InChI=1S/C32H34F4O4/c1-3-5-19-39-27-17-16-25(29(34)31(27)36)21-8-12-23(13-9-21)40-32(37)26-15-14-24(28(33)30(26)35)20-6-10-22(11-7-20)38-18-4-2/h6-7,10-11,14-17,21,23H,3-5,8-9,12-13,18-19H2,1-2H3. The van der Waals surface area contributed by atoms with Gasteiger partial charge < -0.3 is 14.2 Å². The first-order valence-corrected chi connectivity index (χ1v) is 13.9. The summed E-state index contributed by atoms with van der Waals surface area (Å²) in [5, 5.41) is 0. The summed E-state index contributed by atoms with van der Waals surface area (Å²) in [7, 11) is 0. The summed E-state index contributed by atoms with van der Waals surface area (Å²) in [5.74, 6) is -5.01. The van der Waals surface area contributed by atoms with E-state index < -0.39 is 40.9 Å². The number of esters is 1. The molecule has 4 nitrogen and oxygen atoms in total. The van der Waals surface area contributed by atoms with Crippen molar-refractivity contribution in [3.05, 3.63) is 82.9 Å². The van der Waals surface area contributed by atoms with Crippen molar-refractivity contribution in [3.8, 4) is 22.6 Å². The van der Waals surface area contributed by atoms with Crippen LogP contribution >= 0.6 is 0 Å². The van der Waals surface area contributed by atoms with Gasteiger partial charge in [-0.1, -0.05) is 44.5 Å². The molecular weight excluding hydrogens is 524 g/mol. The second-order valence-electron chi connectivity index (χ2n) is 10.0. The fourth-order valence-corrected chi connectivity index (χ4v) is 4.89. The predicted molar refractivity (Wildman–Crippen MR) is 145 cm³/mol. The molecule has 0 heterocycles. The Balaban J connectivity index is 1.36. The van der Waals surface area contributed by atoms with Crippen LogP contribution in [0.15, 0.2) is 48.5 Å². The average Bonchev–Trinajstić information content (AvgIpc) is 2.96. The van der Waals surface area contributed by atoms with Crippen molar-refractivity contribution in [1.82, 2.24) is 0 Å². The van der Waals surface area contributed by atoms with E-state index in [2.05, 4.69) is 0 Å². The molecule has 0 atom stereocenters. The monoisotopic (exact) mass is 558 g/mol. The highest BCUT2D eigenvalue weighted by Crippen LogP contribution is 2.38. The highest BCUT2D eigenvalue weighted by molar-refractivity contribution is 5.90. The molecule has 1 aliphatic rings. The maximum Gasteiger partial charge on any atom is 0.341 e. The molecule has 40 heavy (non-hydrogen) atoms. The van der Waals surface area contributed by atoms with Gasteiger partial charge in [0.2, 0.25) is 5.82 Å². The molecule has 0 N–H and O–H groups in total. The van der Waals surface area contributed by atoms with E-state index in [1.165, 1.54) is 18.2 Å². The molecule has 0 radical (unpaired) electrons. The Hall–Kier alpha value is -3.55. The van der Waals surface area contributed by atoms with Crippen LogP contribution in [0.3, 0.4) is 0 Å². The van der Waals surface area contributed by atoms with Gasteiger partial charge in [0.25, 0.3) is 0 Å². The first-order valence-electron chi connectivity index (χ1n) is 13.9. The SMILES string of the molecule is CCCCOc1ccc(C2CCC(OC(=O)c3ccc(-c4ccc(OCCC)cc4)c(F)c3F)CC2)c(F)c1F. The minimum absolute atomic E-state index is 0.0210. The highest BCUT2D eigenvalue weighted by Gasteiger charge is 2.30. The number of hydrogen-bond donors (Lipinski definition) is 0. The normalized spacial score (nSPS) is 16.9. The van der Waals surface area contributed by atoms with Crippen LogP contribution in [0.25, 0.3) is 11.1 Å². The van der Waals surface area contributed by atoms with Crippen LogP contribution < -0.4 is 9.47 Å². The Labute approximate surface area is 232 Å². The van der Waals surface area contributed by atoms with E-state index in [1.807, 2.05) is 13.8 Å². The predicted octanol–water partition coefficient (Wildman–Crippen LogP) is 8.76. The number of rotatable bonds is 11. The second kappa shape index (κ2) is 13.7. The molecule has 3 aromatic rings. The van der Waals surface area contributed by atoms with Gasteiger partial charge in [0.15, 0.2) is 23.2 Å². The minimum Gasteiger partial charge on any atom is -0.494 e. The van der Waals surface area contributed by atoms with Crippen molar-refractivity contribution in [3.63, 3.8) is 0 Å². The zero-order chi connectivity index (χ0) is 28.6. The summed E-state index contributed by atoms with van der Waals surface area (Å²) >= 11 is 0. The van der Waals surface area contributed by atoms with Crippen molar-refractivity contribution in [2.45, 2.75) is 70.8 Å². The zero-order valence-corrected chi connectivity index (χ0v) is 22.8. The first kappa shape index (κ1) is 29.4. The van der Waals surface area contributed by atoms with Crippen molar-refractivity contribution in [1.29, 1.82) is 0 Å². The lowest BCUT2D eigenvalue weighted by Crippen LogP contribution is -2.25. The molecule has 0 unspecified atom stereocenters. The molecule has 0 amide bonds. The molecule has 1 saturated carbocycles. The third-order valence-corrected chi connectivity index (χ3v) is 7.16. The van der Waals surface area contributed by atoms with Gasteiger partial charge in [0, 0.05) is 5.56 Å². The Morgan fingerprint density at radius 2 is 1.48 bits per heavy atom. The summed E-state index contributed by atoms with van der Waals surface area (Å²) < 4.78 is 75.4. The third kappa shape index (κ3) is 6.77. The van der Waals surface area contributed by atoms with Crippen LogP contribution in [0.5, 0.6) is 11.5 Å². The molecular formula is C32H34F4O4. The Bertz CT molecular complexity index is 1300. The largest absolute Gasteiger partial charge is 0.494 e. The number of unbranched alkanes of at least 4 members (excludes halogenated alkanes) is 1. The third-order valence-electron chi connectivity index (χ3n) is 7.16. The van der Waals surface area contributed by atoms with Crippen LogP contribution in [0, 0.1) is 23.3 Å². The van der Waals surface area contributed by atoms with Gasteiger partial charge >= 0.3 is 5.97 Å². The van der Waals surface area contributed by atoms with Gasteiger partial charge in [-0.25, -0.2) is 18.0 Å². The summed E-state index contributed by atoms with van der Waals surface area (Å²) in [6.45, 7) is 4.83. The minimum atomic E-state index is -1.28. The molecule has 8 heteroatoms. The van der Waals surface area contributed by atoms with E-state index >= 15 is 0 Å². The smallest absolute Gasteiger partial charge is 0.341 e. The highest BCUT2D eigenvalue weighted by atomic mass is 19.2. The molecule has 3 aromatic carbocycles. The number of hydrogen-bond acceptors (Lipinski definition) is 4. The summed E-state index contributed by atoms with van der Waals surface area (Å²) in [6, 6.07) is 12.2. The molecule has 4 rings (SSSR count). The first-order chi connectivity index (χ1) is 19.3. The number of benzene rings is 3. The lowest BCUT2D eigenvalue weighted by Gasteiger charge is -2.29. The quantitative estimate of drug-likeness (QED) is 0.134. The van der Waals surface area contributed by atoms with Crippen LogP contribution in [-0.4, -0.2) is 25.3 Å². The molecule has 214 valence electrons. The van der Waals surface area contributed by atoms with E-state index in [9.17, 15) is 22.4 Å². The Morgan fingerprint density at radius 1 is 0.750 bits per heavy atom. The molecule has 0 saturated heterocycles. The van der Waals surface area contributed by atoms with Gasteiger partial charge in [0.05, 0.1) is 18.8 Å². The summed E-state index contributed by atoms with van der Waals surface area (Å²) in [4.78, 5) is 12.7. The fraction of sp³-hybridized carbons (Fsp3) is 0.406. The topological polar surface area (TPSA) is 44.8 Å². The molecule has 1 aliphatic carbocycles. The lowest BCUT2D eigenvalue weighted by atomic mass is 9.82. The van der Waals surface area contributed by atoms with Crippen molar-refractivity contribution >= 4 is 5.97 Å².